The lowest BCUT2D eigenvalue weighted by Crippen LogP contribution is -2.49. The van der Waals surface area contributed by atoms with Gasteiger partial charge in [0.15, 0.2) is 0 Å². The second-order valence-corrected chi connectivity index (χ2v) is 6.22. The van der Waals surface area contributed by atoms with Gasteiger partial charge in [-0.25, -0.2) is 0 Å². The molecule has 0 spiro atoms. The minimum atomic E-state index is -3.29. The summed E-state index contributed by atoms with van der Waals surface area (Å²) in [6, 6.07) is 0.249. The van der Waals surface area contributed by atoms with Crippen molar-refractivity contribution in [2.45, 2.75) is 50.6 Å². The van der Waals surface area contributed by atoms with E-state index in [0.29, 0.717) is 0 Å². The molecule has 0 bridgehead atoms. The Morgan fingerprint density at radius 2 is 1.38 bits per heavy atom. The van der Waals surface area contributed by atoms with Crippen molar-refractivity contribution in [3.05, 3.63) is 0 Å². The van der Waals surface area contributed by atoms with Crippen LogP contribution in [-0.2, 0) is 10.2 Å². The SMILES string of the molecule is O=S(=O)(NC1CCCC1)NC1CCNCC1. The summed E-state index contributed by atoms with van der Waals surface area (Å²) in [7, 11) is -3.29. The van der Waals surface area contributed by atoms with E-state index in [1.165, 1.54) is 0 Å². The molecule has 1 aliphatic heterocycles. The monoisotopic (exact) mass is 247 g/mol. The zero-order valence-corrected chi connectivity index (χ0v) is 10.4. The van der Waals surface area contributed by atoms with Crippen LogP contribution in [0, 0.1) is 0 Å². The van der Waals surface area contributed by atoms with Crippen molar-refractivity contribution in [2.24, 2.45) is 0 Å². The maximum Gasteiger partial charge on any atom is 0.277 e. The topological polar surface area (TPSA) is 70.2 Å². The fraction of sp³-hybridized carbons (Fsp3) is 1.00. The number of piperidine rings is 1. The number of hydrogen-bond acceptors (Lipinski definition) is 3. The number of nitrogens with one attached hydrogen (secondary N) is 3. The highest BCUT2D eigenvalue weighted by molar-refractivity contribution is 7.87. The number of rotatable bonds is 4. The molecule has 1 saturated carbocycles. The van der Waals surface area contributed by atoms with Gasteiger partial charge in [-0.1, -0.05) is 12.8 Å². The van der Waals surface area contributed by atoms with Crippen LogP contribution in [0.2, 0.25) is 0 Å². The molecule has 1 aliphatic carbocycles. The van der Waals surface area contributed by atoms with Crippen LogP contribution in [0.3, 0.4) is 0 Å². The van der Waals surface area contributed by atoms with Crippen molar-refractivity contribution in [2.75, 3.05) is 13.1 Å². The molecule has 2 fully saturated rings. The Labute approximate surface area is 97.6 Å². The van der Waals surface area contributed by atoms with Gasteiger partial charge in [0.25, 0.3) is 10.2 Å². The van der Waals surface area contributed by atoms with E-state index < -0.39 is 10.2 Å². The normalized spacial score (nSPS) is 25.0. The van der Waals surface area contributed by atoms with Crippen molar-refractivity contribution >= 4 is 10.2 Å². The Bertz CT molecular complexity index is 306. The molecule has 6 heteroatoms. The van der Waals surface area contributed by atoms with E-state index in [1.807, 2.05) is 0 Å². The smallest absolute Gasteiger partial charge is 0.277 e. The van der Waals surface area contributed by atoms with Gasteiger partial charge in [0.1, 0.15) is 0 Å². The summed E-state index contributed by atoms with van der Waals surface area (Å²) < 4.78 is 29.1. The molecule has 0 aromatic heterocycles. The second-order valence-electron chi connectivity index (χ2n) is 4.74. The molecule has 0 radical (unpaired) electrons. The standard InChI is InChI=1S/C10H21N3O2S/c14-16(15,12-9-3-1-2-4-9)13-10-5-7-11-8-6-10/h9-13H,1-8H2. The van der Waals surface area contributed by atoms with Gasteiger partial charge < -0.3 is 5.32 Å². The van der Waals surface area contributed by atoms with E-state index in [2.05, 4.69) is 14.8 Å². The Kier molecular flexibility index (Phi) is 4.18. The first-order valence-corrected chi connectivity index (χ1v) is 7.64. The molecule has 16 heavy (non-hydrogen) atoms. The average Bonchev–Trinajstić information content (AvgIpc) is 2.70. The Morgan fingerprint density at radius 3 is 1.94 bits per heavy atom. The van der Waals surface area contributed by atoms with Crippen LogP contribution >= 0.6 is 0 Å². The highest BCUT2D eigenvalue weighted by Gasteiger charge is 2.24. The maximum absolute atomic E-state index is 11.8. The van der Waals surface area contributed by atoms with Gasteiger partial charge in [-0.3, -0.25) is 0 Å². The fourth-order valence-electron chi connectivity index (χ4n) is 2.46. The van der Waals surface area contributed by atoms with Crippen molar-refractivity contribution in [1.29, 1.82) is 0 Å². The van der Waals surface area contributed by atoms with Gasteiger partial charge in [0.05, 0.1) is 0 Å². The third-order valence-electron chi connectivity index (χ3n) is 3.34. The minimum Gasteiger partial charge on any atom is -0.317 e. The highest BCUT2D eigenvalue weighted by atomic mass is 32.2. The van der Waals surface area contributed by atoms with Crippen molar-refractivity contribution in [3.63, 3.8) is 0 Å². The van der Waals surface area contributed by atoms with Crippen LogP contribution in [0.5, 0.6) is 0 Å². The molecular weight excluding hydrogens is 226 g/mol. The highest BCUT2D eigenvalue weighted by Crippen LogP contribution is 2.18. The molecule has 2 rings (SSSR count). The lowest BCUT2D eigenvalue weighted by molar-refractivity contribution is 0.422. The molecule has 3 N–H and O–H groups in total. The van der Waals surface area contributed by atoms with E-state index in [1.54, 1.807) is 0 Å². The maximum atomic E-state index is 11.8. The van der Waals surface area contributed by atoms with Crippen molar-refractivity contribution in [3.8, 4) is 0 Å². The molecule has 1 heterocycles. The van der Waals surface area contributed by atoms with Crippen molar-refractivity contribution < 1.29 is 8.42 Å². The fourth-order valence-corrected chi connectivity index (χ4v) is 3.87. The van der Waals surface area contributed by atoms with E-state index in [4.69, 9.17) is 0 Å². The summed E-state index contributed by atoms with van der Waals surface area (Å²) in [6.07, 6.45) is 6.00. The van der Waals surface area contributed by atoms with Crippen LogP contribution in [0.25, 0.3) is 0 Å². The molecular formula is C10H21N3O2S. The van der Waals surface area contributed by atoms with Gasteiger partial charge in [0.2, 0.25) is 0 Å². The lowest BCUT2D eigenvalue weighted by Gasteiger charge is -2.24. The van der Waals surface area contributed by atoms with Crippen molar-refractivity contribution in [1.82, 2.24) is 14.8 Å². The van der Waals surface area contributed by atoms with Gasteiger partial charge in [-0.2, -0.15) is 17.9 Å². The molecule has 5 nitrogen and oxygen atoms in total. The Morgan fingerprint density at radius 1 is 0.875 bits per heavy atom. The van der Waals surface area contributed by atoms with Gasteiger partial charge in [0, 0.05) is 12.1 Å². The molecule has 94 valence electrons. The van der Waals surface area contributed by atoms with Crippen LogP contribution in [0.1, 0.15) is 38.5 Å². The molecule has 0 atom stereocenters. The lowest BCUT2D eigenvalue weighted by atomic mass is 10.1. The van der Waals surface area contributed by atoms with Gasteiger partial charge in [-0.15, -0.1) is 0 Å². The first kappa shape index (κ1) is 12.3. The van der Waals surface area contributed by atoms with Crippen LogP contribution in [-0.4, -0.2) is 33.6 Å². The first-order valence-electron chi connectivity index (χ1n) is 6.16. The molecule has 0 aromatic rings. The summed E-state index contributed by atoms with van der Waals surface area (Å²) in [5, 5.41) is 3.22. The van der Waals surface area contributed by atoms with E-state index >= 15 is 0 Å². The summed E-state index contributed by atoms with van der Waals surface area (Å²) in [6.45, 7) is 1.80. The van der Waals surface area contributed by atoms with Gasteiger partial charge in [-0.05, 0) is 38.8 Å². The molecule has 2 aliphatic rings. The predicted octanol–water partition coefficient (Wildman–Crippen LogP) is 0.105. The van der Waals surface area contributed by atoms with Crippen LogP contribution in [0.15, 0.2) is 0 Å². The number of hydrogen-bond donors (Lipinski definition) is 3. The first-order chi connectivity index (χ1) is 7.66. The molecule has 0 aromatic carbocycles. The predicted molar refractivity (Wildman–Crippen MR) is 63.3 cm³/mol. The zero-order valence-electron chi connectivity index (χ0n) is 9.54. The average molecular weight is 247 g/mol. The van der Waals surface area contributed by atoms with Crippen LogP contribution < -0.4 is 14.8 Å². The largest absolute Gasteiger partial charge is 0.317 e. The molecule has 0 amide bonds. The summed E-state index contributed by atoms with van der Waals surface area (Å²) in [4.78, 5) is 0. The Balaban J connectivity index is 1.81. The van der Waals surface area contributed by atoms with E-state index in [-0.39, 0.29) is 12.1 Å². The van der Waals surface area contributed by atoms with Crippen LogP contribution in [0.4, 0.5) is 0 Å². The minimum absolute atomic E-state index is 0.0974. The third kappa shape index (κ3) is 3.69. The Hall–Kier alpha value is -0.170. The van der Waals surface area contributed by atoms with Gasteiger partial charge >= 0.3 is 0 Å². The van der Waals surface area contributed by atoms with E-state index in [9.17, 15) is 8.42 Å². The third-order valence-corrected chi connectivity index (χ3v) is 4.63. The summed E-state index contributed by atoms with van der Waals surface area (Å²) in [5.41, 5.74) is 0. The second kappa shape index (κ2) is 5.44. The molecule has 0 unspecified atom stereocenters. The van der Waals surface area contributed by atoms with E-state index in [0.717, 1.165) is 51.6 Å². The summed E-state index contributed by atoms with van der Waals surface area (Å²) >= 11 is 0. The summed E-state index contributed by atoms with van der Waals surface area (Å²) in [5.74, 6) is 0. The molecule has 1 saturated heterocycles. The zero-order chi connectivity index (χ0) is 11.4. The quantitative estimate of drug-likeness (QED) is 0.660.